The summed E-state index contributed by atoms with van der Waals surface area (Å²) in [6.45, 7) is 10.6. The van der Waals surface area contributed by atoms with Gasteiger partial charge in [0, 0.05) is 17.9 Å². The lowest BCUT2D eigenvalue weighted by molar-refractivity contribution is -0.140. The molecule has 0 aromatic carbocycles. The number of fused-ring (bicyclic) bond motifs is 1. The molecule has 4 rings (SSSR count). The van der Waals surface area contributed by atoms with Crippen LogP contribution in [-0.4, -0.2) is 33.5 Å². The molecule has 2 saturated carbocycles. The van der Waals surface area contributed by atoms with Crippen LogP contribution in [0.3, 0.4) is 0 Å². The van der Waals surface area contributed by atoms with Crippen molar-refractivity contribution in [2.75, 3.05) is 0 Å². The first-order valence-electron chi connectivity index (χ1n) is 11.5. The third-order valence-corrected chi connectivity index (χ3v) is 8.91. The molecule has 1 saturated heterocycles. The van der Waals surface area contributed by atoms with E-state index in [9.17, 15) is 15.0 Å². The molecule has 1 aliphatic heterocycles. The fourth-order valence-corrected chi connectivity index (χ4v) is 7.15. The minimum atomic E-state index is -0.824. The summed E-state index contributed by atoms with van der Waals surface area (Å²) < 4.78 is 5.64. The molecule has 1 heterocycles. The van der Waals surface area contributed by atoms with Crippen molar-refractivity contribution >= 4 is 5.97 Å². The van der Waals surface area contributed by atoms with E-state index in [-0.39, 0.29) is 41.2 Å². The Labute approximate surface area is 175 Å². The van der Waals surface area contributed by atoms with E-state index in [1.807, 2.05) is 6.92 Å². The fraction of sp³-hybridized carbons (Fsp3) is 0.800. The van der Waals surface area contributed by atoms with Gasteiger partial charge in [-0.2, -0.15) is 0 Å². The molecule has 4 heteroatoms. The molecular weight excluding hydrogens is 364 g/mol. The Hall–Kier alpha value is -1.13. The quantitative estimate of drug-likeness (QED) is 0.535. The second kappa shape index (κ2) is 6.95. The molecule has 3 aliphatic carbocycles. The van der Waals surface area contributed by atoms with Crippen LogP contribution in [0, 0.1) is 29.1 Å². The normalized spacial score (nSPS) is 46.9. The van der Waals surface area contributed by atoms with Crippen LogP contribution < -0.4 is 0 Å². The van der Waals surface area contributed by atoms with Gasteiger partial charge in [-0.15, -0.1) is 0 Å². The van der Waals surface area contributed by atoms with Gasteiger partial charge in [-0.3, -0.25) is 0 Å². The van der Waals surface area contributed by atoms with E-state index in [4.69, 9.17) is 4.74 Å². The van der Waals surface area contributed by atoms with Crippen LogP contribution >= 0.6 is 0 Å². The highest BCUT2D eigenvalue weighted by atomic mass is 16.6. The summed E-state index contributed by atoms with van der Waals surface area (Å²) in [6, 6.07) is 0. The van der Waals surface area contributed by atoms with E-state index >= 15 is 0 Å². The molecule has 0 aromatic rings. The van der Waals surface area contributed by atoms with Crippen molar-refractivity contribution in [3.8, 4) is 0 Å². The van der Waals surface area contributed by atoms with Crippen molar-refractivity contribution in [3.05, 3.63) is 23.3 Å². The van der Waals surface area contributed by atoms with Gasteiger partial charge in [-0.05, 0) is 82.5 Å². The van der Waals surface area contributed by atoms with Crippen molar-refractivity contribution in [3.63, 3.8) is 0 Å². The van der Waals surface area contributed by atoms with E-state index in [2.05, 4.69) is 39.8 Å². The first-order valence-corrected chi connectivity index (χ1v) is 11.5. The zero-order valence-corrected chi connectivity index (χ0v) is 18.7. The summed E-state index contributed by atoms with van der Waals surface area (Å²) in [5.74, 6) is 0.127. The SMILES string of the molecule is CC(C)=CCCC(C)C1(O)CCC2(C)CC3C4C(=CCC21)C(=O)OC4CC3(C)O. The van der Waals surface area contributed by atoms with Crippen molar-refractivity contribution in [2.24, 2.45) is 29.1 Å². The van der Waals surface area contributed by atoms with Crippen LogP contribution in [0.4, 0.5) is 0 Å². The molecule has 4 aliphatic rings. The zero-order chi connectivity index (χ0) is 21.2. The monoisotopic (exact) mass is 402 g/mol. The van der Waals surface area contributed by atoms with Gasteiger partial charge in [-0.25, -0.2) is 4.79 Å². The minimum Gasteiger partial charge on any atom is -0.458 e. The molecule has 0 amide bonds. The van der Waals surface area contributed by atoms with Gasteiger partial charge < -0.3 is 14.9 Å². The van der Waals surface area contributed by atoms with Gasteiger partial charge in [0.1, 0.15) is 6.10 Å². The lowest BCUT2D eigenvalue weighted by atomic mass is 9.61. The summed E-state index contributed by atoms with van der Waals surface area (Å²) in [5, 5.41) is 23.0. The molecule has 0 bridgehead atoms. The molecular formula is C25H38O4. The highest BCUT2D eigenvalue weighted by Crippen LogP contribution is 2.62. The largest absolute Gasteiger partial charge is 0.458 e. The number of esters is 1. The van der Waals surface area contributed by atoms with Crippen molar-refractivity contribution in [1.29, 1.82) is 0 Å². The summed E-state index contributed by atoms with van der Waals surface area (Å²) in [5.41, 5.74) is 0.499. The molecule has 8 atom stereocenters. The molecule has 8 unspecified atom stereocenters. The Kier molecular flexibility index (Phi) is 5.06. The molecule has 2 N–H and O–H groups in total. The standard InChI is InChI=1S/C25H38O4/c1-15(2)7-6-8-16(3)25(28)12-11-23(4)13-18-21-17(9-10-20(23)25)22(26)29-19(21)14-24(18,5)27/h7,9,16,18-21,27-28H,6,8,10-14H2,1-5H3. The minimum absolute atomic E-state index is 0.0130. The van der Waals surface area contributed by atoms with Crippen LogP contribution in [0.1, 0.15) is 79.6 Å². The smallest absolute Gasteiger partial charge is 0.334 e. The predicted octanol–water partition coefficient (Wildman–Crippen LogP) is 4.55. The maximum absolute atomic E-state index is 12.5. The van der Waals surface area contributed by atoms with Gasteiger partial charge >= 0.3 is 5.97 Å². The number of aliphatic hydroxyl groups is 2. The Bertz CT molecular complexity index is 746. The van der Waals surface area contributed by atoms with Crippen molar-refractivity contribution in [1.82, 2.24) is 0 Å². The second-order valence-corrected chi connectivity index (χ2v) is 11.2. The summed E-state index contributed by atoms with van der Waals surface area (Å²) in [6.07, 6.45) is 9.97. The van der Waals surface area contributed by atoms with Gasteiger partial charge in [0.25, 0.3) is 0 Å². The maximum atomic E-state index is 12.5. The molecule has 4 nitrogen and oxygen atoms in total. The average molecular weight is 403 g/mol. The first kappa shape index (κ1) is 21.1. The van der Waals surface area contributed by atoms with E-state index < -0.39 is 11.2 Å². The Morgan fingerprint density at radius 3 is 2.69 bits per heavy atom. The lowest BCUT2D eigenvalue weighted by Crippen LogP contribution is -2.47. The zero-order valence-electron chi connectivity index (χ0n) is 18.7. The number of carbonyl (C=O) groups excluding carboxylic acids is 1. The third kappa shape index (κ3) is 3.31. The summed E-state index contributed by atoms with van der Waals surface area (Å²) >= 11 is 0. The highest BCUT2D eigenvalue weighted by Gasteiger charge is 2.63. The number of allylic oxidation sites excluding steroid dienone is 3. The molecule has 0 aromatic heterocycles. The third-order valence-electron chi connectivity index (χ3n) is 8.91. The molecule has 3 fully saturated rings. The van der Waals surface area contributed by atoms with Gasteiger partial charge in [0.05, 0.1) is 11.2 Å². The maximum Gasteiger partial charge on any atom is 0.334 e. The summed E-state index contributed by atoms with van der Waals surface area (Å²) in [4.78, 5) is 12.5. The van der Waals surface area contributed by atoms with E-state index in [1.165, 1.54) is 5.57 Å². The van der Waals surface area contributed by atoms with Crippen molar-refractivity contribution in [2.45, 2.75) is 96.9 Å². The Morgan fingerprint density at radius 1 is 1.28 bits per heavy atom. The van der Waals surface area contributed by atoms with Gasteiger partial charge in [0.15, 0.2) is 0 Å². The van der Waals surface area contributed by atoms with Crippen LogP contribution in [0.25, 0.3) is 0 Å². The second-order valence-electron chi connectivity index (χ2n) is 11.2. The Morgan fingerprint density at radius 2 is 2.00 bits per heavy atom. The van der Waals surface area contributed by atoms with Gasteiger partial charge in [-0.1, -0.05) is 31.6 Å². The number of hydrogen-bond acceptors (Lipinski definition) is 4. The van der Waals surface area contributed by atoms with Crippen molar-refractivity contribution < 1.29 is 19.7 Å². The number of hydrogen-bond donors (Lipinski definition) is 2. The van der Waals surface area contributed by atoms with E-state index in [0.29, 0.717) is 6.42 Å². The number of ether oxygens (including phenoxy) is 1. The molecule has 0 radical (unpaired) electrons. The topological polar surface area (TPSA) is 66.8 Å². The molecule has 0 spiro atoms. The average Bonchev–Trinajstić information content (AvgIpc) is 3.11. The highest BCUT2D eigenvalue weighted by molar-refractivity contribution is 5.92. The number of carbonyl (C=O) groups is 1. The number of rotatable bonds is 4. The fourth-order valence-electron chi connectivity index (χ4n) is 7.15. The summed E-state index contributed by atoms with van der Waals surface area (Å²) in [7, 11) is 0. The predicted molar refractivity (Wildman–Crippen MR) is 113 cm³/mol. The Balaban J connectivity index is 1.65. The van der Waals surface area contributed by atoms with E-state index in [0.717, 1.165) is 44.1 Å². The van der Waals surface area contributed by atoms with Crippen LogP contribution in [0.5, 0.6) is 0 Å². The van der Waals surface area contributed by atoms with Crippen LogP contribution in [0.15, 0.2) is 23.3 Å². The van der Waals surface area contributed by atoms with Crippen LogP contribution in [-0.2, 0) is 9.53 Å². The van der Waals surface area contributed by atoms with E-state index in [1.54, 1.807) is 0 Å². The molecule has 29 heavy (non-hydrogen) atoms. The molecule has 162 valence electrons. The first-order chi connectivity index (χ1) is 13.5. The van der Waals surface area contributed by atoms with Gasteiger partial charge in [0.2, 0.25) is 0 Å². The lowest BCUT2D eigenvalue weighted by Gasteiger charge is -2.45. The van der Waals surface area contributed by atoms with Crippen LogP contribution in [0.2, 0.25) is 0 Å².